The molecule has 0 bridgehead atoms. The van der Waals surface area contributed by atoms with Gasteiger partial charge in [-0.05, 0) is 55.3 Å². The molecule has 38 heavy (non-hydrogen) atoms. The van der Waals surface area contributed by atoms with Crippen LogP contribution in [0.4, 0.5) is 11.5 Å². The van der Waals surface area contributed by atoms with E-state index in [4.69, 9.17) is 0 Å². The van der Waals surface area contributed by atoms with Crippen molar-refractivity contribution in [3.8, 4) is 0 Å². The molecule has 0 saturated carbocycles. The van der Waals surface area contributed by atoms with Crippen molar-refractivity contribution in [1.82, 2.24) is 19.1 Å². The number of aliphatic hydroxyl groups excluding tert-OH is 1. The van der Waals surface area contributed by atoms with E-state index >= 15 is 0 Å². The number of pyridine rings is 1. The Labute approximate surface area is 219 Å². The first-order valence-electron chi connectivity index (χ1n) is 12.9. The Hall–Kier alpha value is -4.37. The van der Waals surface area contributed by atoms with E-state index in [1.54, 1.807) is 0 Å². The van der Waals surface area contributed by atoms with Gasteiger partial charge in [-0.1, -0.05) is 24.3 Å². The standard InChI is InChI=1S/C29H31N7O2/c1-18-10-11-23(33-19(2)37)28(32-18)34-15-13-26(27(38)17-34)36-25-9-4-3-8-24(25)35(29(36)30)16-20-6-5-7-22-21(20)12-14-31-22/h3-12,14,26-27,30-31,38H,13,15-17H2,1-2H3,(H,33,37)/t26-,27-/m1/s1. The van der Waals surface area contributed by atoms with Crippen LogP contribution in [0.15, 0.2) is 66.9 Å². The van der Waals surface area contributed by atoms with Gasteiger partial charge >= 0.3 is 0 Å². The number of nitrogens with one attached hydrogen (secondary N) is 3. The lowest BCUT2D eigenvalue weighted by Gasteiger charge is -2.38. The van der Waals surface area contributed by atoms with Gasteiger partial charge in [0, 0.05) is 42.8 Å². The SMILES string of the molecule is CC(=O)Nc1ccc(C)nc1N1CC[C@@H](n2c(=N)n(Cc3cccc4[nH]ccc34)c3ccccc32)[C@H](O)C1. The number of piperidine rings is 1. The smallest absolute Gasteiger partial charge is 0.221 e. The van der Waals surface area contributed by atoms with Crippen LogP contribution in [-0.2, 0) is 11.3 Å². The summed E-state index contributed by atoms with van der Waals surface area (Å²) in [6.07, 6.45) is 1.85. The minimum Gasteiger partial charge on any atom is -0.389 e. The number of carbonyl (C=O) groups excluding carboxylic acids is 1. The van der Waals surface area contributed by atoms with Gasteiger partial charge in [0.1, 0.15) is 0 Å². The van der Waals surface area contributed by atoms with Crippen LogP contribution < -0.4 is 15.8 Å². The number of aromatic amines is 1. The molecule has 1 fully saturated rings. The van der Waals surface area contributed by atoms with Crippen LogP contribution >= 0.6 is 0 Å². The second-order valence-corrected chi connectivity index (χ2v) is 10.00. The summed E-state index contributed by atoms with van der Waals surface area (Å²) in [5, 5.41) is 24.6. The van der Waals surface area contributed by atoms with Crippen LogP contribution in [-0.4, -0.2) is 49.3 Å². The van der Waals surface area contributed by atoms with E-state index in [-0.39, 0.29) is 11.9 Å². The second kappa shape index (κ2) is 9.50. The first-order chi connectivity index (χ1) is 18.4. The number of hydrogen-bond donors (Lipinski definition) is 4. The number of H-pyrrole nitrogens is 1. The molecule has 0 aliphatic carbocycles. The first-order valence-corrected chi connectivity index (χ1v) is 12.9. The molecule has 1 amide bonds. The lowest BCUT2D eigenvalue weighted by Crippen LogP contribution is -2.47. The molecule has 5 aromatic rings. The number of rotatable bonds is 5. The second-order valence-electron chi connectivity index (χ2n) is 10.00. The zero-order valence-electron chi connectivity index (χ0n) is 21.5. The van der Waals surface area contributed by atoms with Crippen molar-refractivity contribution >= 4 is 39.3 Å². The molecule has 2 aromatic carbocycles. The molecule has 1 aliphatic heterocycles. The molecule has 194 valence electrons. The molecule has 9 heteroatoms. The van der Waals surface area contributed by atoms with Crippen molar-refractivity contribution in [2.24, 2.45) is 0 Å². The normalized spacial score (nSPS) is 17.8. The van der Waals surface area contributed by atoms with Crippen LogP contribution in [0.1, 0.15) is 30.6 Å². The summed E-state index contributed by atoms with van der Waals surface area (Å²) in [7, 11) is 0. The van der Waals surface area contributed by atoms with Crippen LogP contribution in [0.3, 0.4) is 0 Å². The van der Waals surface area contributed by atoms with Crippen molar-refractivity contribution in [1.29, 1.82) is 5.41 Å². The lowest BCUT2D eigenvalue weighted by molar-refractivity contribution is -0.114. The number of aliphatic hydroxyl groups is 1. The molecule has 0 unspecified atom stereocenters. The number of hydrogen-bond acceptors (Lipinski definition) is 5. The largest absolute Gasteiger partial charge is 0.389 e. The van der Waals surface area contributed by atoms with Crippen molar-refractivity contribution in [2.45, 2.75) is 39.0 Å². The molecule has 0 spiro atoms. The first kappa shape index (κ1) is 24.0. The van der Waals surface area contributed by atoms with E-state index in [0.29, 0.717) is 43.2 Å². The Bertz CT molecular complexity index is 1710. The van der Waals surface area contributed by atoms with Gasteiger partial charge in [-0.25, -0.2) is 4.98 Å². The number of amides is 1. The number of para-hydroxylation sites is 2. The third-order valence-corrected chi connectivity index (χ3v) is 7.43. The average Bonchev–Trinajstić information content (AvgIpc) is 3.49. The molecule has 9 nitrogen and oxygen atoms in total. The fraction of sp³-hybridized carbons (Fsp3) is 0.276. The van der Waals surface area contributed by atoms with Gasteiger partial charge in [-0.2, -0.15) is 0 Å². The Kier molecular flexibility index (Phi) is 6.00. The van der Waals surface area contributed by atoms with Crippen molar-refractivity contribution < 1.29 is 9.90 Å². The molecule has 2 atom stereocenters. The van der Waals surface area contributed by atoms with Gasteiger partial charge in [-0.15, -0.1) is 0 Å². The Morgan fingerprint density at radius 2 is 1.95 bits per heavy atom. The zero-order valence-corrected chi connectivity index (χ0v) is 21.5. The number of anilines is 2. The molecule has 4 heterocycles. The number of nitrogens with zero attached hydrogens (tertiary/aromatic N) is 4. The highest BCUT2D eigenvalue weighted by Gasteiger charge is 2.33. The maximum Gasteiger partial charge on any atom is 0.221 e. The van der Waals surface area contributed by atoms with E-state index in [0.717, 1.165) is 33.2 Å². The average molecular weight is 510 g/mol. The van der Waals surface area contributed by atoms with Crippen molar-refractivity contribution in [2.75, 3.05) is 23.3 Å². The highest BCUT2D eigenvalue weighted by molar-refractivity contribution is 5.92. The van der Waals surface area contributed by atoms with E-state index < -0.39 is 6.10 Å². The number of benzene rings is 2. The number of imidazole rings is 1. The summed E-state index contributed by atoms with van der Waals surface area (Å²) in [6, 6.07) is 19.8. The highest BCUT2D eigenvalue weighted by Crippen LogP contribution is 2.32. The lowest BCUT2D eigenvalue weighted by atomic mass is 10.0. The summed E-state index contributed by atoms with van der Waals surface area (Å²) in [4.78, 5) is 21.7. The van der Waals surface area contributed by atoms with E-state index in [1.165, 1.54) is 6.92 Å². The Morgan fingerprint density at radius 3 is 2.74 bits per heavy atom. The molecule has 0 radical (unpaired) electrons. The highest BCUT2D eigenvalue weighted by atomic mass is 16.3. The topological polar surface area (TPSA) is 115 Å². The van der Waals surface area contributed by atoms with Gasteiger partial charge in [0.05, 0.1) is 35.4 Å². The van der Waals surface area contributed by atoms with Gasteiger partial charge in [0.15, 0.2) is 5.82 Å². The van der Waals surface area contributed by atoms with Gasteiger partial charge < -0.3 is 29.4 Å². The predicted molar refractivity (Wildman–Crippen MR) is 148 cm³/mol. The van der Waals surface area contributed by atoms with Crippen LogP contribution in [0.2, 0.25) is 0 Å². The molecule has 1 aliphatic rings. The van der Waals surface area contributed by atoms with Gasteiger partial charge in [-0.3, -0.25) is 10.2 Å². The van der Waals surface area contributed by atoms with Crippen LogP contribution in [0, 0.1) is 12.3 Å². The Morgan fingerprint density at radius 1 is 1.13 bits per heavy atom. The molecular formula is C29H31N7O2. The summed E-state index contributed by atoms with van der Waals surface area (Å²) in [6.45, 7) is 4.93. The van der Waals surface area contributed by atoms with E-state index in [1.807, 2.05) is 69.6 Å². The summed E-state index contributed by atoms with van der Waals surface area (Å²) in [5.41, 5.74) is 5.95. The number of carbonyl (C=O) groups is 1. The monoisotopic (exact) mass is 509 g/mol. The maximum absolute atomic E-state index is 11.8. The molecule has 6 rings (SSSR count). The van der Waals surface area contributed by atoms with E-state index in [2.05, 4.69) is 33.5 Å². The predicted octanol–water partition coefficient (Wildman–Crippen LogP) is 3.93. The minimum atomic E-state index is -0.724. The molecule has 1 saturated heterocycles. The third-order valence-electron chi connectivity index (χ3n) is 7.43. The van der Waals surface area contributed by atoms with Crippen molar-refractivity contribution in [3.05, 3.63) is 83.7 Å². The fourth-order valence-corrected chi connectivity index (χ4v) is 5.69. The number of aryl methyl sites for hydroxylation is 1. The van der Waals surface area contributed by atoms with Crippen LogP contribution in [0.5, 0.6) is 0 Å². The van der Waals surface area contributed by atoms with Crippen LogP contribution in [0.25, 0.3) is 21.9 Å². The van der Waals surface area contributed by atoms with Gasteiger partial charge in [0.25, 0.3) is 0 Å². The fourth-order valence-electron chi connectivity index (χ4n) is 5.69. The minimum absolute atomic E-state index is 0.162. The molecular weight excluding hydrogens is 478 g/mol. The van der Waals surface area contributed by atoms with Gasteiger partial charge in [0.2, 0.25) is 11.5 Å². The van der Waals surface area contributed by atoms with E-state index in [9.17, 15) is 15.3 Å². The molecule has 3 aromatic heterocycles. The quantitative estimate of drug-likeness (QED) is 0.287. The van der Waals surface area contributed by atoms with Crippen molar-refractivity contribution in [3.63, 3.8) is 0 Å². The number of fused-ring (bicyclic) bond motifs is 2. The third kappa shape index (κ3) is 4.14. The summed E-state index contributed by atoms with van der Waals surface area (Å²) in [5.74, 6) is 0.501. The molecule has 4 N–H and O–H groups in total. The maximum atomic E-state index is 11.8. The summed E-state index contributed by atoms with van der Waals surface area (Å²) < 4.78 is 4.00. The number of β-amino-alcohol motifs (C(OH)–C–C–N with tert-alkyl or cyclic N) is 1. The zero-order chi connectivity index (χ0) is 26.4. The Balaban J connectivity index is 1.35. The number of aromatic nitrogens is 4. The summed E-state index contributed by atoms with van der Waals surface area (Å²) >= 11 is 0.